The van der Waals surface area contributed by atoms with Gasteiger partial charge in [0.15, 0.2) is 6.29 Å². The highest BCUT2D eigenvalue weighted by Crippen LogP contribution is 2.22. The Morgan fingerprint density at radius 2 is 2.07 bits per heavy atom. The number of ether oxygens (including phenoxy) is 2. The van der Waals surface area contributed by atoms with Crippen molar-refractivity contribution in [1.29, 1.82) is 0 Å². The molecule has 1 N–H and O–H groups in total. The van der Waals surface area contributed by atoms with Crippen LogP contribution < -0.4 is 4.74 Å². The first-order valence-corrected chi connectivity index (χ1v) is 5.62. The van der Waals surface area contributed by atoms with Crippen LogP contribution in [0.4, 0.5) is 0 Å². The van der Waals surface area contributed by atoms with Crippen molar-refractivity contribution in [2.24, 2.45) is 0 Å². The summed E-state index contributed by atoms with van der Waals surface area (Å²) in [6, 6.07) is 7.84. The fraction of sp³-hybridized carbons (Fsp3) is 0.400. The molecule has 0 aromatic heterocycles. The van der Waals surface area contributed by atoms with Crippen LogP contribution in [0.3, 0.4) is 0 Å². The second kappa shape index (κ2) is 4.21. The zero-order chi connectivity index (χ0) is 9.97. The van der Waals surface area contributed by atoms with Crippen molar-refractivity contribution >= 4 is 11.8 Å². The van der Waals surface area contributed by atoms with Crippen LogP contribution in [-0.2, 0) is 4.74 Å². The molecule has 1 aliphatic heterocycles. The van der Waals surface area contributed by atoms with Crippen molar-refractivity contribution < 1.29 is 14.6 Å². The van der Waals surface area contributed by atoms with Crippen molar-refractivity contribution in [3.8, 4) is 5.75 Å². The molecule has 2 rings (SSSR count). The molecule has 1 aromatic rings. The van der Waals surface area contributed by atoms with E-state index in [1.807, 2.05) is 30.5 Å². The quantitative estimate of drug-likeness (QED) is 0.606. The molecule has 14 heavy (non-hydrogen) atoms. The molecular weight excluding hydrogens is 200 g/mol. The van der Waals surface area contributed by atoms with Crippen LogP contribution in [0, 0.1) is 0 Å². The summed E-state index contributed by atoms with van der Waals surface area (Å²) in [5, 5.41) is 8.88. The smallest absolute Gasteiger partial charge is 0.185 e. The Bertz CT molecular complexity index is 299. The molecule has 1 saturated heterocycles. The molecule has 0 radical (unpaired) electrons. The van der Waals surface area contributed by atoms with E-state index >= 15 is 0 Å². The van der Waals surface area contributed by atoms with Gasteiger partial charge < -0.3 is 14.6 Å². The molecular formula is C10H12O3S. The lowest BCUT2D eigenvalue weighted by molar-refractivity contribution is 0.155. The summed E-state index contributed by atoms with van der Waals surface area (Å²) in [5.41, 5.74) is 0. The fourth-order valence-electron chi connectivity index (χ4n) is 1.11. The second-order valence-corrected chi connectivity index (χ2v) is 3.93. The van der Waals surface area contributed by atoms with Gasteiger partial charge in [-0.15, -0.1) is 11.8 Å². The van der Waals surface area contributed by atoms with Gasteiger partial charge in [-0.25, -0.2) is 0 Å². The minimum atomic E-state index is -0.625. The van der Waals surface area contributed by atoms with Crippen LogP contribution in [-0.4, -0.2) is 30.4 Å². The first kappa shape index (κ1) is 9.83. The maximum absolute atomic E-state index is 8.88. The number of aliphatic hydroxyl groups excluding tert-OH is 1. The van der Waals surface area contributed by atoms with Crippen molar-refractivity contribution in [3.05, 3.63) is 24.3 Å². The Morgan fingerprint density at radius 3 is 2.57 bits per heavy atom. The molecule has 1 aliphatic rings. The highest BCUT2D eigenvalue weighted by molar-refractivity contribution is 7.98. The third-order valence-corrected chi connectivity index (χ3v) is 2.77. The van der Waals surface area contributed by atoms with Crippen LogP contribution in [0.1, 0.15) is 0 Å². The molecule has 0 amide bonds. The Balaban J connectivity index is 1.84. The van der Waals surface area contributed by atoms with Crippen molar-refractivity contribution in [2.75, 3.05) is 12.9 Å². The standard InChI is InChI=1S/C10H12O3S/c1-14-8-4-2-7(3-5-8)12-6-9-10(11)13-9/h2-5,9-11H,6H2,1H3/t9-,10+/m1/s1. The summed E-state index contributed by atoms with van der Waals surface area (Å²) in [7, 11) is 0. The summed E-state index contributed by atoms with van der Waals surface area (Å²) in [6.45, 7) is 0.416. The average molecular weight is 212 g/mol. The van der Waals surface area contributed by atoms with Gasteiger partial charge in [0.25, 0.3) is 0 Å². The van der Waals surface area contributed by atoms with Gasteiger partial charge in [0.05, 0.1) is 0 Å². The molecule has 0 saturated carbocycles. The number of epoxide rings is 1. The Labute approximate surface area is 87.0 Å². The van der Waals surface area contributed by atoms with E-state index < -0.39 is 6.29 Å². The first-order valence-electron chi connectivity index (χ1n) is 4.40. The third kappa shape index (κ3) is 2.41. The van der Waals surface area contributed by atoms with Gasteiger partial charge >= 0.3 is 0 Å². The van der Waals surface area contributed by atoms with Gasteiger partial charge in [-0.05, 0) is 30.5 Å². The molecule has 2 atom stereocenters. The highest BCUT2D eigenvalue weighted by Gasteiger charge is 2.37. The van der Waals surface area contributed by atoms with Crippen LogP contribution in [0.15, 0.2) is 29.2 Å². The summed E-state index contributed by atoms with van der Waals surface area (Å²) in [5.74, 6) is 0.811. The highest BCUT2D eigenvalue weighted by atomic mass is 32.2. The Hall–Kier alpha value is -0.710. The van der Waals surface area contributed by atoms with E-state index in [1.165, 1.54) is 4.90 Å². The number of rotatable bonds is 4. The van der Waals surface area contributed by atoms with E-state index in [2.05, 4.69) is 0 Å². The van der Waals surface area contributed by atoms with Gasteiger partial charge in [-0.2, -0.15) is 0 Å². The van der Waals surface area contributed by atoms with E-state index in [0.29, 0.717) is 6.61 Å². The summed E-state index contributed by atoms with van der Waals surface area (Å²) in [6.07, 6.45) is 1.26. The maximum atomic E-state index is 8.88. The molecule has 0 unspecified atom stereocenters. The summed E-state index contributed by atoms with van der Waals surface area (Å²) in [4.78, 5) is 1.21. The van der Waals surface area contributed by atoms with Crippen molar-refractivity contribution in [1.82, 2.24) is 0 Å². The van der Waals surface area contributed by atoms with Gasteiger partial charge in [0.2, 0.25) is 0 Å². The van der Waals surface area contributed by atoms with E-state index in [9.17, 15) is 0 Å². The van der Waals surface area contributed by atoms with E-state index in [0.717, 1.165) is 5.75 Å². The topological polar surface area (TPSA) is 42.0 Å². The zero-order valence-corrected chi connectivity index (χ0v) is 8.66. The van der Waals surface area contributed by atoms with Gasteiger partial charge in [0, 0.05) is 4.90 Å². The number of aliphatic hydroxyl groups is 1. The van der Waals surface area contributed by atoms with Crippen LogP contribution >= 0.6 is 11.8 Å². The summed E-state index contributed by atoms with van der Waals surface area (Å²) >= 11 is 1.69. The van der Waals surface area contributed by atoms with Crippen LogP contribution in [0.25, 0.3) is 0 Å². The molecule has 4 heteroatoms. The fourth-order valence-corrected chi connectivity index (χ4v) is 1.51. The maximum Gasteiger partial charge on any atom is 0.185 e. The number of hydrogen-bond donors (Lipinski definition) is 1. The SMILES string of the molecule is CSc1ccc(OC[C@H]2O[C@@H]2O)cc1. The van der Waals surface area contributed by atoms with E-state index in [4.69, 9.17) is 14.6 Å². The molecule has 3 nitrogen and oxygen atoms in total. The second-order valence-electron chi connectivity index (χ2n) is 3.05. The lowest BCUT2D eigenvalue weighted by atomic mass is 10.3. The predicted octanol–water partition coefficient (Wildman–Crippen LogP) is 1.50. The molecule has 0 spiro atoms. The van der Waals surface area contributed by atoms with Crippen LogP contribution in [0.2, 0.25) is 0 Å². The minimum absolute atomic E-state index is 0.143. The summed E-state index contributed by atoms with van der Waals surface area (Å²) < 4.78 is 10.2. The molecule has 0 bridgehead atoms. The normalized spacial score (nSPS) is 24.7. The number of hydrogen-bond acceptors (Lipinski definition) is 4. The number of benzene rings is 1. The molecule has 1 fully saturated rings. The van der Waals surface area contributed by atoms with Crippen LogP contribution in [0.5, 0.6) is 5.75 Å². The largest absolute Gasteiger partial charge is 0.491 e. The van der Waals surface area contributed by atoms with E-state index in [1.54, 1.807) is 11.8 Å². The Kier molecular flexibility index (Phi) is 2.96. The first-order chi connectivity index (χ1) is 6.79. The number of thioether (sulfide) groups is 1. The third-order valence-electron chi connectivity index (χ3n) is 2.03. The molecule has 1 heterocycles. The molecule has 0 aliphatic carbocycles. The van der Waals surface area contributed by atoms with Gasteiger partial charge in [-0.3, -0.25) is 0 Å². The zero-order valence-electron chi connectivity index (χ0n) is 7.84. The lowest BCUT2D eigenvalue weighted by Crippen LogP contribution is -2.06. The molecule has 1 aromatic carbocycles. The average Bonchev–Trinajstić information content (AvgIpc) is 2.92. The van der Waals surface area contributed by atoms with E-state index in [-0.39, 0.29) is 6.10 Å². The van der Waals surface area contributed by atoms with Crippen molar-refractivity contribution in [3.63, 3.8) is 0 Å². The Morgan fingerprint density at radius 1 is 1.43 bits per heavy atom. The molecule has 76 valence electrons. The van der Waals surface area contributed by atoms with Crippen molar-refractivity contribution in [2.45, 2.75) is 17.3 Å². The monoisotopic (exact) mass is 212 g/mol. The predicted molar refractivity (Wildman–Crippen MR) is 54.6 cm³/mol. The lowest BCUT2D eigenvalue weighted by Gasteiger charge is -2.04. The van der Waals surface area contributed by atoms with Gasteiger partial charge in [0.1, 0.15) is 18.5 Å². The minimum Gasteiger partial charge on any atom is -0.491 e. The van der Waals surface area contributed by atoms with Gasteiger partial charge in [-0.1, -0.05) is 0 Å².